The summed E-state index contributed by atoms with van der Waals surface area (Å²) in [4.78, 5) is 27.9. The monoisotopic (exact) mass is 434 g/mol. The minimum absolute atomic E-state index is 0.0525. The van der Waals surface area contributed by atoms with Crippen LogP contribution in [0.4, 0.5) is 0 Å². The van der Waals surface area contributed by atoms with Gasteiger partial charge in [-0.15, -0.1) is 0 Å². The third-order valence-corrected chi connectivity index (χ3v) is 5.51. The Bertz CT molecular complexity index is 975. The maximum Gasteiger partial charge on any atom is 0.242 e. The smallest absolute Gasteiger partial charge is 0.242 e. The number of carbonyl (C=O) groups excluding carboxylic acids is 2. The lowest BCUT2D eigenvalue weighted by Crippen LogP contribution is -2.49. The van der Waals surface area contributed by atoms with Crippen LogP contribution in [-0.4, -0.2) is 29.8 Å². The second-order valence-electron chi connectivity index (χ2n) is 7.45. The van der Waals surface area contributed by atoms with Gasteiger partial charge in [-0.05, 0) is 35.2 Å². The Hall–Kier alpha value is -3.11. The number of likely N-dealkylation sites (N-methyl/N-ethyl adjacent to an activating group) is 1. The Labute approximate surface area is 188 Å². The topological polar surface area (TPSA) is 49.4 Å². The molecular formula is C26H27ClN2O2. The molecule has 5 heteroatoms. The molecule has 0 aromatic heterocycles. The van der Waals surface area contributed by atoms with Crippen LogP contribution in [0.5, 0.6) is 0 Å². The van der Waals surface area contributed by atoms with Crippen LogP contribution in [0.25, 0.3) is 0 Å². The highest BCUT2D eigenvalue weighted by molar-refractivity contribution is 6.30. The molecule has 0 radical (unpaired) electrons. The van der Waals surface area contributed by atoms with E-state index in [-0.39, 0.29) is 11.8 Å². The van der Waals surface area contributed by atoms with E-state index < -0.39 is 6.04 Å². The number of rotatable bonds is 9. The SMILES string of the molecule is CNC(=O)C(Cc1ccccc1)N(Cc1ccc(Cl)cc1)C(=O)CCc1ccccc1. The Morgan fingerprint density at radius 3 is 2.00 bits per heavy atom. The Kier molecular flexibility index (Phi) is 8.25. The first kappa shape index (κ1) is 22.6. The third kappa shape index (κ3) is 6.69. The van der Waals surface area contributed by atoms with Gasteiger partial charge in [-0.1, -0.05) is 84.4 Å². The van der Waals surface area contributed by atoms with Crippen molar-refractivity contribution in [1.82, 2.24) is 10.2 Å². The van der Waals surface area contributed by atoms with Crippen molar-refractivity contribution in [1.29, 1.82) is 0 Å². The molecule has 0 aliphatic heterocycles. The molecule has 0 fully saturated rings. The van der Waals surface area contributed by atoms with Crippen LogP contribution in [-0.2, 0) is 29.0 Å². The van der Waals surface area contributed by atoms with Gasteiger partial charge in [0.15, 0.2) is 0 Å². The van der Waals surface area contributed by atoms with Gasteiger partial charge in [-0.2, -0.15) is 0 Å². The summed E-state index contributed by atoms with van der Waals surface area (Å²) in [6, 6.07) is 26.5. The van der Waals surface area contributed by atoms with Crippen molar-refractivity contribution in [2.75, 3.05) is 7.05 Å². The zero-order valence-corrected chi connectivity index (χ0v) is 18.4. The largest absolute Gasteiger partial charge is 0.357 e. The average Bonchev–Trinajstić information content (AvgIpc) is 2.81. The Morgan fingerprint density at radius 2 is 1.42 bits per heavy atom. The molecule has 0 saturated carbocycles. The van der Waals surface area contributed by atoms with E-state index in [2.05, 4.69) is 5.32 Å². The molecule has 3 aromatic carbocycles. The van der Waals surface area contributed by atoms with E-state index in [0.29, 0.717) is 30.8 Å². The van der Waals surface area contributed by atoms with E-state index in [1.807, 2.05) is 72.8 Å². The predicted molar refractivity (Wildman–Crippen MR) is 125 cm³/mol. The molecule has 4 nitrogen and oxygen atoms in total. The molecule has 3 aromatic rings. The quantitative estimate of drug-likeness (QED) is 0.532. The van der Waals surface area contributed by atoms with Gasteiger partial charge in [0.1, 0.15) is 6.04 Å². The maximum atomic E-state index is 13.4. The summed E-state index contributed by atoms with van der Waals surface area (Å²) in [5.41, 5.74) is 3.04. The molecule has 0 aliphatic carbocycles. The number of halogens is 1. The lowest BCUT2D eigenvalue weighted by molar-refractivity contribution is -0.141. The molecular weight excluding hydrogens is 408 g/mol. The first-order valence-corrected chi connectivity index (χ1v) is 10.8. The summed E-state index contributed by atoms with van der Waals surface area (Å²) in [7, 11) is 1.61. The fraction of sp³-hybridized carbons (Fsp3) is 0.231. The van der Waals surface area contributed by atoms with Crippen molar-refractivity contribution in [2.45, 2.75) is 31.8 Å². The number of hydrogen-bond acceptors (Lipinski definition) is 2. The van der Waals surface area contributed by atoms with Gasteiger partial charge in [-0.3, -0.25) is 9.59 Å². The number of amides is 2. The number of aryl methyl sites for hydroxylation is 1. The van der Waals surface area contributed by atoms with E-state index in [1.54, 1.807) is 24.1 Å². The molecule has 0 bridgehead atoms. The van der Waals surface area contributed by atoms with Gasteiger partial charge in [0, 0.05) is 31.5 Å². The van der Waals surface area contributed by atoms with Crippen molar-refractivity contribution in [3.63, 3.8) is 0 Å². The van der Waals surface area contributed by atoms with Crippen LogP contribution in [0.1, 0.15) is 23.1 Å². The molecule has 1 N–H and O–H groups in total. The minimum Gasteiger partial charge on any atom is -0.357 e. The van der Waals surface area contributed by atoms with E-state index in [0.717, 1.165) is 16.7 Å². The van der Waals surface area contributed by atoms with Gasteiger partial charge in [0.25, 0.3) is 0 Å². The molecule has 3 rings (SSSR count). The molecule has 0 aliphatic rings. The molecule has 2 amide bonds. The highest BCUT2D eigenvalue weighted by Gasteiger charge is 2.29. The van der Waals surface area contributed by atoms with Crippen molar-refractivity contribution >= 4 is 23.4 Å². The number of carbonyl (C=O) groups is 2. The van der Waals surface area contributed by atoms with Gasteiger partial charge < -0.3 is 10.2 Å². The molecule has 0 heterocycles. The standard InChI is InChI=1S/C26H27ClN2O2/c1-28-26(31)24(18-21-10-6-3-7-11-21)29(19-22-12-15-23(27)16-13-22)25(30)17-14-20-8-4-2-5-9-20/h2-13,15-16,24H,14,17-19H2,1H3,(H,28,31). The van der Waals surface area contributed by atoms with Crippen LogP contribution in [0.2, 0.25) is 5.02 Å². The molecule has 1 unspecified atom stereocenters. The van der Waals surface area contributed by atoms with Gasteiger partial charge in [0.2, 0.25) is 11.8 Å². The fourth-order valence-corrected chi connectivity index (χ4v) is 3.67. The lowest BCUT2D eigenvalue weighted by atomic mass is 10.0. The third-order valence-electron chi connectivity index (χ3n) is 5.25. The van der Waals surface area contributed by atoms with E-state index >= 15 is 0 Å². The van der Waals surface area contributed by atoms with Crippen LogP contribution in [0, 0.1) is 0 Å². The van der Waals surface area contributed by atoms with Crippen molar-refractivity contribution in [3.8, 4) is 0 Å². The lowest BCUT2D eigenvalue weighted by Gasteiger charge is -2.31. The molecule has 0 saturated heterocycles. The summed E-state index contributed by atoms with van der Waals surface area (Å²) in [5.74, 6) is -0.228. The van der Waals surface area contributed by atoms with Crippen LogP contribution >= 0.6 is 11.6 Å². The summed E-state index contributed by atoms with van der Waals surface area (Å²) >= 11 is 6.03. The summed E-state index contributed by atoms with van der Waals surface area (Å²) in [6.45, 7) is 0.343. The Balaban J connectivity index is 1.86. The maximum absolute atomic E-state index is 13.4. The normalized spacial score (nSPS) is 11.5. The van der Waals surface area contributed by atoms with Crippen LogP contribution in [0.3, 0.4) is 0 Å². The minimum atomic E-state index is -0.605. The average molecular weight is 435 g/mol. The van der Waals surface area contributed by atoms with E-state index in [4.69, 9.17) is 11.6 Å². The first-order chi connectivity index (χ1) is 15.1. The number of hydrogen-bond donors (Lipinski definition) is 1. The summed E-state index contributed by atoms with van der Waals surface area (Å²) < 4.78 is 0. The molecule has 160 valence electrons. The van der Waals surface area contributed by atoms with E-state index in [1.165, 1.54) is 0 Å². The number of nitrogens with one attached hydrogen (secondary N) is 1. The summed E-state index contributed by atoms with van der Waals surface area (Å²) in [6.07, 6.45) is 1.41. The summed E-state index contributed by atoms with van der Waals surface area (Å²) in [5, 5.41) is 3.37. The van der Waals surface area contributed by atoms with Crippen LogP contribution in [0.15, 0.2) is 84.9 Å². The highest BCUT2D eigenvalue weighted by Crippen LogP contribution is 2.18. The predicted octanol–water partition coefficient (Wildman–Crippen LogP) is 4.66. The number of benzene rings is 3. The van der Waals surface area contributed by atoms with Crippen LogP contribution < -0.4 is 5.32 Å². The van der Waals surface area contributed by atoms with Crippen molar-refractivity contribution in [2.24, 2.45) is 0 Å². The van der Waals surface area contributed by atoms with Gasteiger partial charge in [-0.25, -0.2) is 0 Å². The van der Waals surface area contributed by atoms with E-state index in [9.17, 15) is 9.59 Å². The molecule has 1 atom stereocenters. The zero-order chi connectivity index (χ0) is 22.1. The first-order valence-electron chi connectivity index (χ1n) is 10.4. The highest BCUT2D eigenvalue weighted by atomic mass is 35.5. The van der Waals surface area contributed by atoms with Gasteiger partial charge in [0.05, 0.1) is 0 Å². The van der Waals surface area contributed by atoms with Crippen molar-refractivity contribution < 1.29 is 9.59 Å². The molecule has 0 spiro atoms. The second kappa shape index (κ2) is 11.3. The second-order valence-corrected chi connectivity index (χ2v) is 7.89. The molecule has 31 heavy (non-hydrogen) atoms. The Morgan fingerprint density at radius 1 is 0.839 bits per heavy atom. The van der Waals surface area contributed by atoms with Gasteiger partial charge >= 0.3 is 0 Å². The van der Waals surface area contributed by atoms with Crippen molar-refractivity contribution in [3.05, 3.63) is 107 Å². The number of nitrogens with zero attached hydrogens (tertiary/aromatic N) is 1. The fourth-order valence-electron chi connectivity index (χ4n) is 3.55. The zero-order valence-electron chi connectivity index (χ0n) is 17.6.